The molecule has 1 aromatic heterocycles. The Morgan fingerprint density at radius 2 is 1.81 bits per heavy atom. The summed E-state index contributed by atoms with van der Waals surface area (Å²) in [6.07, 6.45) is 0.536. The fraction of sp³-hybridized carbons (Fsp3) is 0.364. The Labute approximate surface area is 191 Å². The molecule has 0 N–H and O–H groups in total. The Balaban J connectivity index is 1.28. The van der Waals surface area contributed by atoms with Crippen LogP contribution in [0.4, 0.5) is 5.13 Å². The number of para-hydroxylation sites is 1. The lowest BCUT2D eigenvalue weighted by atomic mass is 10.2. The third-order valence-corrected chi connectivity index (χ3v) is 8.64. The zero-order valence-corrected chi connectivity index (χ0v) is 19.6. The van der Waals surface area contributed by atoms with Crippen molar-refractivity contribution in [2.75, 3.05) is 36.8 Å². The zero-order valence-electron chi connectivity index (χ0n) is 17.3. The van der Waals surface area contributed by atoms with E-state index >= 15 is 0 Å². The highest BCUT2D eigenvalue weighted by atomic mass is 35.5. The molecule has 1 amide bonds. The normalized spacial score (nSPS) is 14.9. The van der Waals surface area contributed by atoms with Gasteiger partial charge in [-0.05, 0) is 49.2 Å². The summed E-state index contributed by atoms with van der Waals surface area (Å²) in [5, 5.41) is 1.49. The first-order valence-electron chi connectivity index (χ1n) is 10.2. The highest BCUT2D eigenvalue weighted by Gasteiger charge is 2.24. The molecule has 164 valence electrons. The summed E-state index contributed by atoms with van der Waals surface area (Å²) < 4.78 is 26.0. The van der Waals surface area contributed by atoms with Crippen molar-refractivity contribution in [3.05, 3.63) is 53.1 Å². The quantitative estimate of drug-likeness (QED) is 0.533. The van der Waals surface area contributed by atoms with Gasteiger partial charge in [-0.1, -0.05) is 35.1 Å². The van der Waals surface area contributed by atoms with E-state index in [1.54, 1.807) is 23.5 Å². The number of carbonyl (C=O) groups is 1. The van der Waals surface area contributed by atoms with Gasteiger partial charge in [0.05, 0.1) is 20.9 Å². The Hall–Kier alpha value is -2.16. The van der Waals surface area contributed by atoms with Crippen molar-refractivity contribution in [3.63, 3.8) is 0 Å². The van der Waals surface area contributed by atoms with Crippen LogP contribution in [0.5, 0.6) is 0 Å². The number of amides is 1. The summed E-state index contributed by atoms with van der Waals surface area (Å²) in [5.74, 6) is -0.0446. The lowest BCUT2D eigenvalue weighted by Crippen LogP contribution is -2.48. The molecule has 0 atom stereocenters. The summed E-state index contributed by atoms with van der Waals surface area (Å²) in [6, 6.07) is 12.3. The van der Waals surface area contributed by atoms with E-state index in [1.807, 2.05) is 11.0 Å². The van der Waals surface area contributed by atoms with E-state index in [9.17, 15) is 13.2 Å². The number of anilines is 1. The van der Waals surface area contributed by atoms with E-state index < -0.39 is 9.84 Å². The van der Waals surface area contributed by atoms with E-state index in [0.29, 0.717) is 24.5 Å². The molecule has 4 rings (SSSR count). The average molecular weight is 478 g/mol. The van der Waals surface area contributed by atoms with Gasteiger partial charge in [-0.2, -0.15) is 0 Å². The van der Waals surface area contributed by atoms with E-state index in [2.05, 4.69) is 24.0 Å². The molecule has 6 nitrogen and oxygen atoms in total. The van der Waals surface area contributed by atoms with Crippen molar-refractivity contribution < 1.29 is 13.2 Å². The number of hydrogen-bond donors (Lipinski definition) is 0. The SMILES string of the molecule is Cc1cccc2sc(N3CCN(C(=O)CCCS(=O)(=O)c4ccc(Cl)cc4)CC3)nc12. The number of carbonyl (C=O) groups excluding carboxylic acids is 1. The number of rotatable bonds is 6. The molecule has 1 aliphatic heterocycles. The van der Waals surface area contributed by atoms with Crippen LogP contribution in [-0.2, 0) is 14.6 Å². The van der Waals surface area contributed by atoms with Crippen LogP contribution in [0.3, 0.4) is 0 Å². The van der Waals surface area contributed by atoms with Gasteiger partial charge in [0.25, 0.3) is 0 Å². The second-order valence-corrected chi connectivity index (χ2v) is 11.2. The molecule has 0 unspecified atom stereocenters. The minimum atomic E-state index is -3.41. The van der Waals surface area contributed by atoms with Gasteiger partial charge in [-0.25, -0.2) is 13.4 Å². The summed E-state index contributed by atoms with van der Waals surface area (Å²) in [4.78, 5) is 21.6. The molecule has 2 aromatic carbocycles. The molecule has 9 heteroatoms. The number of aromatic nitrogens is 1. The number of hydrogen-bond acceptors (Lipinski definition) is 6. The number of piperazine rings is 1. The van der Waals surface area contributed by atoms with Crippen LogP contribution in [0.25, 0.3) is 10.2 Å². The Bertz CT molecular complexity index is 1180. The van der Waals surface area contributed by atoms with Crippen LogP contribution in [0, 0.1) is 6.92 Å². The monoisotopic (exact) mass is 477 g/mol. The standard InChI is InChI=1S/C22H24ClN3O3S2/c1-16-4-2-5-19-21(16)24-22(30-19)26-13-11-25(12-14-26)20(27)6-3-15-31(28,29)18-9-7-17(23)8-10-18/h2,4-5,7-10H,3,6,11-15H2,1H3. The number of halogens is 1. The molecule has 3 aromatic rings. The summed E-state index contributed by atoms with van der Waals surface area (Å²) >= 11 is 7.50. The maximum atomic E-state index is 12.6. The third kappa shape index (κ3) is 5.02. The van der Waals surface area contributed by atoms with Gasteiger partial charge in [0, 0.05) is 37.6 Å². The summed E-state index contributed by atoms with van der Waals surface area (Å²) in [7, 11) is -3.41. The lowest BCUT2D eigenvalue weighted by molar-refractivity contribution is -0.131. The van der Waals surface area contributed by atoms with Gasteiger partial charge in [0.2, 0.25) is 5.91 Å². The van der Waals surface area contributed by atoms with Gasteiger partial charge >= 0.3 is 0 Å². The predicted octanol–water partition coefficient (Wildman–Crippen LogP) is 4.16. The fourth-order valence-corrected chi connectivity index (χ4v) is 6.22. The molecule has 31 heavy (non-hydrogen) atoms. The van der Waals surface area contributed by atoms with Crippen LogP contribution in [0.15, 0.2) is 47.4 Å². The first kappa shape index (κ1) is 22.0. The van der Waals surface area contributed by atoms with E-state index in [-0.39, 0.29) is 23.0 Å². The highest BCUT2D eigenvalue weighted by Crippen LogP contribution is 2.31. The van der Waals surface area contributed by atoms with Crippen molar-refractivity contribution in [3.8, 4) is 0 Å². The van der Waals surface area contributed by atoms with Gasteiger partial charge in [0.15, 0.2) is 15.0 Å². The van der Waals surface area contributed by atoms with Crippen molar-refractivity contribution in [1.82, 2.24) is 9.88 Å². The number of sulfone groups is 1. The van der Waals surface area contributed by atoms with Crippen molar-refractivity contribution >= 4 is 54.0 Å². The van der Waals surface area contributed by atoms with Crippen molar-refractivity contribution in [2.45, 2.75) is 24.7 Å². The maximum absolute atomic E-state index is 12.6. The molecule has 0 saturated carbocycles. The van der Waals surface area contributed by atoms with Crippen LogP contribution in [0.2, 0.25) is 5.02 Å². The maximum Gasteiger partial charge on any atom is 0.222 e. The predicted molar refractivity (Wildman–Crippen MR) is 126 cm³/mol. The smallest absolute Gasteiger partial charge is 0.222 e. The Morgan fingerprint density at radius 3 is 2.48 bits per heavy atom. The van der Waals surface area contributed by atoms with Crippen molar-refractivity contribution in [1.29, 1.82) is 0 Å². The molecule has 1 fully saturated rings. The molecule has 0 aliphatic carbocycles. The van der Waals surface area contributed by atoms with Crippen LogP contribution in [-0.4, -0.2) is 56.1 Å². The number of benzene rings is 2. The molecular weight excluding hydrogens is 454 g/mol. The second-order valence-electron chi connectivity index (χ2n) is 7.66. The molecular formula is C22H24ClN3O3S2. The molecule has 0 bridgehead atoms. The topological polar surface area (TPSA) is 70.6 Å². The molecule has 2 heterocycles. The van der Waals surface area contributed by atoms with Crippen LogP contribution in [0.1, 0.15) is 18.4 Å². The van der Waals surface area contributed by atoms with E-state index in [1.165, 1.54) is 22.4 Å². The first-order chi connectivity index (χ1) is 14.8. The molecule has 1 saturated heterocycles. The van der Waals surface area contributed by atoms with Gasteiger partial charge in [-0.15, -0.1) is 0 Å². The van der Waals surface area contributed by atoms with Gasteiger partial charge < -0.3 is 9.80 Å². The molecule has 1 aliphatic rings. The highest BCUT2D eigenvalue weighted by molar-refractivity contribution is 7.91. The largest absolute Gasteiger partial charge is 0.345 e. The number of aryl methyl sites for hydroxylation is 1. The molecule has 0 spiro atoms. The summed E-state index contributed by atoms with van der Waals surface area (Å²) in [6.45, 7) is 4.77. The molecule has 0 radical (unpaired) electrons. The number of thiazole rings is 1. The van der Waals surface area contributed by atoms with E-state index in [0.717, 1.165) is 23.7 Å². The van der Waals surface area contributed by atoms with E-state index in [4.69, 9.17) is 16.6 Å². The Morgan fingerprint density at radius 1 is 1.10 bits per heavy atom. The lowest BCUT2D eigenvalue weighted by Gasteiger charge is -2.34. The number of nitrogens with zero attached hydrogens (tertiary/aromatic N) is 3. The fourth-order valence-electron chi connectivity index (χ4n) is 3.69. The summed E-state index contributed by atoms with van der Waals surface area (Å²) in [5.41, 5.74) is 2.21. The Kier molecular flexibility index (Phi) is 6.50. The van der Waals surface area contributed by atoms with Gasteiger partial charge in [-0.3, -0.25) is 4.79 Å². The third-order valence-electron chi connectivity index (χ3n) is 5.49. The van der Waals surface area contributed by atoms with Crippen molar-refractivity contribution in [2.24, 2.45) is 0 Å². The first-order valence-corrected chi connectivity index (χ1v) is 13.1. The minimum Gasteiger partial charge on any atom is -0.345 e. The van der Waals surface area contributed by atoms with Crippen LogP contribution < -0.4 is 4.90 Å². The number of fused-ring (bicyclic) bond motifs is 1. The van der Waals surface area contributed by atoms with Gasteiger partial charge in [0.1, 0.15) is 0 Å². The zero-order chi connectivity index (χ0) is 22.0. The second kappa shape index (κ2) is 9.14. The van der Waals surface area contributed by atoms with Crippen LogP contribution >= 0.6 is 22.9 Å². The minimum absolute atomic E-state index is 0.00565. The average Bonchev–Trinajstić information content (AvgIpc) is 3.20.